The van der Waals surface area contributed by atoms with Crippen LogP contribution < -0.4 is 4.74 Å². The van der Waals surface area contributed by atoms with Crippen LogP contribution in [0, 0.1) is 4.77 Å². The SMILES string of the molecule is COc1ccc(-c2n[nH]c(=S)n2/N=C\c2cccc(Cl)c2Cl)cc1. The van der Waals surface area contributed by atoms with Crippen molar-refractivity contribution in [2.75, 3.05) is 7.11 Å². The average molecular weight is 379 g/mol. The highest BCUT2D eigenvalue weighted by molar-refractivity contribution is 7.71. The molecule has 24 heavy (non-hydrogen) atoms. The van der Waals surface area contributed by atoms with Crippen molar-refractivity contribution in [2.24, 2.45) is 5.10 Å². The van der Waals surface area contributed by atoms with Crippen LogP contribution in [0.4, 0.5) is 0 Å². The second kappa shape index (κ2) is 7.17. The van der Waals surface area contributed by atoms with E-state index in [2.05, 4.69) is 15.3 Å². The van der Waals surface area contributed by atoms with Gasteiger partial charge >= 0.3 is 0 Å². The average Bonchev–Trinajstić information content (AvgIpc) is 2.97. The van der Waals surface area contributed by atoms with Crippen molar-refractivity contribution in [3.63, 3.8) is 0 Å². The van der Waals surface area contributed by atoms with E-state index in [1.807, 2.05) is 30.3 Å². The minimum Gasteiger partial charge on any atom is -0.497 e. The lowest BCUT2D eigenvalue weighted by Gasteiger charge is -2.03. The summed E-state index contributed by atoms with van der Waals surface area (Å²) < 4.78 is 7.05. The molecule has 0 radical (unpaired) electrons. The molecule has 0 fully saturated rings. The lowest BCUT2D eigenvalue weighted by molar-refractivity contribution is 0.415. The molecule has 0 spiro atoms. The molecule has 0 bridgehead atoms. The molecule has 122 valence electrons. The van der Waals surface area contributed by atoms with E-state index in [0.717, 1.165) is 11.3 Å². The topological polar surface area (TPSA) is 55.2 Å². The second-order valence-electron chi connectivity index (χ2n) is 4.78. The Morgan fingerprint density at radius 2 is 1.96 bits per heavy atom. The van der Waals surface area contributed by atoms with Crippen molar-refractivity contribution >= 4 is 41.6 Å². The second-order valence-corrected chi connectivity index (χ2v) is 5.95. The number of aromatic nitrogens is 3. The molecule has 0 unspecified atom stereocenters. The maximum absolute atomic E-state index is 6.17. The number of hydrogen-bond donors (Lipinski definition) is 1. The van der Waals surface area contributed by atoms with Crippen molar-refractivity contribution in [3.8, 4) is 17.1 Å². The Bertz CT molecular complexity index is 947. The van der Waals surface area contributed by atoms with Gasteiger partial charge in [-0.15, -0.1) is 0 Å². The van der Waals surface area contributed by atoms with Crippen molar-refractivity contribution in [1.82, 2.24) is 14.9 Å². The van der Waals surface area contributed by atoms with Gasteiger partial charge in [-0.25, -0.2) is 5.10 Å². The quantitative estimate of drug-likeness (QED) is 0.523. The highest BCUT2D eigenvalue weighted by Crippen LogP contribution is 2.25. The molecule has 3 aromatic rings. The van der Waals surface area contributed by atoms with Gasteiger partial charge in [0.15, 0.2) is 5.82 Å². The van der Waals surface area contributed by atoms with E-state index in [4.69, 9.17) is 40.2 Å². The number of H-pyrrole nitrogens is 1. The number of hydrogen-bond acceptors (Lipinski definition) is 4. The van der Waals surface area contributed by atoms with E-state index >= 15 is 0 Å². The minimum atomic E-state index is 0.371. The third-order valence-corrected chi connectivity index (χ3v) is 4.39. The van der Waals surface area contributed by atoms with E-state index < -0.39 is 0 Å². The fourth-order valence-corrected chi connectivity index (χ4v) is 2.60. The summed E-state index contributed by atoms with van der Waals surface area (Å²) in [4.78, 5) is 0. The number of nitrogens with one attached hydrogen (secondary N) is 1. The normalized spacial score (nSPS) is 11.1. The lowest BCUT2D eigenvalue weighted by Crippen LogP contribution is -1.95. The Balaban J connectivity index is 1.99. The van der Waals surface area contributed by atoms with Gasteiger partial charge in [-0.1, -0.05) is 35.3 Å². The third kappa shape index (κ3) is 3.36. The summed E-state index contributed by atoms with van der Waals surface area (Å²) in [6.45, 7) is 0. The van der Waals surface area contributed by atoms with Crippen LogP contribution in [0.3, 0.4) is 0 Å². The van der Waals surface area contributed by atoms with Crippen molar-refractivity contribution in [3.05, 3.63) is 62.8 Å². The molecule has 5 nitrogen and oxygen atoms in total. The molecule has 0 aliphatic rings. The van der Waals surface area contributed by atoms with E-state index in [1.165, 1.54) is 4.68 Å². The fraction of sp³-hybridized carbons (Fsp3) is 0.0625. The number of rotatable bonds is 4. The van der Waals surface area contributed by atoms with Crippen LogP contribution in [0.5, 0.6) is 5.75 Å². The van der Waals surface area contributed by atoms with Crippen molar-refractivity contribution in [1.29, 1.82) is 0 Å². The molecular weight excluding hydrogens is 367 g/mol. The molecule has 0 saturated heterocycles. The maximum atomic E-state index is 6.17. The largest absolute Gasteiger partial charge is 0.497 e. The fourth-order valence-electron chi connectivity index (χ4n) is 2.07. The van der Waals surface area contributed by atoms with Crippen LogP contribution in [0.2, 0.25) is 10.0 Å². The summed E-state index contributed by atoms with van der Waals surface area (Å²) in [6.07, 6.45) is 1.59. The zero-order valence-corrected chi connectivity index (χ0v) is 14.9. The summed E-state index contributed by atoms with van der Waals surface area (Å²) >= 11 is 17.4. The number of benzene rings is 2. The molecule has 0 aliphatic carbocycles. The maximum Gasteiger partial charge on any atom is 0.216 e. The molecule has 8 heteroatoms. The Hall–Kier alpha value is -2.15. The predicted octanol–water partition coefficient (Wildman–Crippen LogP) is 4.81. The zero-order valence-electron chi connectivity index (χ0n) is 12.5. The van der Waals surface area contributed by atoms with Crippen LogP contribution >= 0.6 is 35.4 Å². The van der Waals surface area contributed by atoms with Crippen LogP contribution in [0.1, 0.15) is 5.56 Å². The molecule has 1 N–H and O–H groups in total. The van der Waals surface area contributed by atoms with Crippen LogP contribution in [0.25, 0.3) is 11.4 Å². The van der Waals surface area contributed by atoms with Crippen LogP contribution in [-0.2, 0) is 0 Å². The first-order valence-corrected chi connectivity index (χ1v) is 8.07. The van der Waals surface area contributed by atoms with Crippen LogP contribution in [-0.4, -0.2) is 28.2 Å². The Morgan fingerprint density at radius 1 is 1.21 bits per heavy atom. The molecule has 1 aromatic heterocycles. The van der Waals surface area contributed by atoms with E-state index in [0.29, 0.717) is 26.2 Å². The molecule has 0 amide bonds. The summed E-state index contributed by atoms with van der Waals surface area (Å²) in [5.74, 6) is 1.34. The summed E-state index contributed by atoms with van der Waals surface area (Å²) in [6, 6.07) is 12.8. The minimum absolute atomic E-state index is 0.371. The Kier molecular flexibility index (Phi) is 4.99. The van der Waals surface area contributed by atoms with E-state index in [1.54, 1.807) is 25.5 Å². The molecule has 0 atom stereocenters. The predicted molar refractivity (Wildman–Crippen MR) is 98.9 cm³/mol. The van der Waals surface area contributed by atoms with Gasteiger partial charge in [0.2, 0.25) is 4.77 Å². The van der Waals surface area contributed by atoms with Gasteiger partial charge in [-0.05, 0) is 42.5 Å². The summed E-state index contributed by atoms with van der Waals surface area (Å²) in [7, 11) is 1.62. The number of nitrogens with zero attached hydrogens (tertiary/aromatic N) is 3. The van der Waals surface area contributed by atoms with Gasteiger partial charge in [0.1, 0.15) is 5.75 Å². The molecule has 0 aliphatic heterocycles. The molecule has 3 rings (SSSR count). The number of methoxy groups -OCH3 is 1. The van der Waals surface area contributed by atoms with Gasteiger partial charge in [0.25, 0.3) is 0 Å². The first-order chi connectivity index (χ1) is 11.6. The standard InChI is InChI=1S/C16H12Cl2N4OS/c1-23-12-7-5-10(6-8-12)15-20-21-16(24)22(15)19-9-11-3-2-4-13(17)14(11)18/h2-9H,1H3,(H,21,24)/b19-9-. The molecule has 2 aromatic carbocycles. The smallest absolute Gasteiger partial charge is 0.216 e. The number of halogens is 2. The van der Waals surface area contributed by atoms with Gasteiger partial charge in [0, 0.05) is 11.1 Å². The molecular formula is C16H12Cl2N4OS. The monoisotopic (exact) mass is 378 g/mol. The van der Waals surface area contributed by atoms with Gasteiger partial charge in [-0.3, -0.25) is 0 Å². The lowest BCUT2D eigenvalue weighted by atomic mass is 10.2. The molecule has 1 heterocycles. The highest BCUT2D eigenvalue weighted by Gasteiger charge is 2.09. The third-order valence-electron chi connectivity index (χ3n) is 3.29. The zero-order chi connectivity index (χ0) is 17.1. The van der Waals surface area contributed by atoms with Crippen LogP contribution in [0.15, 0.2) is 47.6 Å². The first kappa shape index (κ1) is 16.7. The van der Waals surface area contributed by atoms with Gasteiger partial charge in [-0.2, -0.15) is 14.9 Å². The number of aromatic amines is 1. The Morgan fingerprint density at radius 3 is 2.67 bits per heavy atom. The molecule has 0 saturated carbocycles. The summed E-state index contributed by atoms with van der Waals surface area (Å²) in [5.41, 5.74) is 1.53. The number of ether oxygens (including phenoxy) is 1. The van der Waals surface area contributed by atoms with Gasteiger partial charge < -0.3 is 4.74 Å². The highest BCUT2D eigenvalue weighted by atomic mass is 35.5. The van der Waals surface area contributed by atoms with E-state index in [9.17, 15) is 0 Å². The van der Waals surface area contributed by atoms with Crippen molar-refractivity contribution < 1.29 is 4.74 Å². The van der Waals surface area contributed by atoms with Gasteiger partial charge in [0.05, 0.1) is 23.4 Å². The Labute approximate surface area is 153 Å². The first-order valence-electron chi connectivity index (χ1n) is 6.90. The van der Waals surface area contributed by atoms with Crippen molar-refractivity contribution in [2.45, 2.75) is 0 Å². The van der Waals surface area contributed by atoms with E-state index in [-0.39, 0.29) is 0 Å². The summed E-state index contributed by atoms with van der Waals surface area (Å²) in [5, 5.41) is 12.2.